The van der Waals surface area contributed by atoms with Crippen LogP contribution in [-0.4, -0.2) is 28.9 Å². The number of piperidine rings is 1. The lowest BCUT2D eigenvalue weighted by Gasteiger charge is -2.35. The average molecular weight is 326 g/mol. The van der Waals surface area contributed by atoms with Gasteiger partial charge in [0.2, 0.25) is 0 Å². The molecule has 23 heavy (non-hydrogen) atoms. The summed E-state index contributed by atoms with van der Waals surface area (Å²) in [4.78, 5) is 20.5. The molecule has 1 aromatic heterocycles. The summed E-state index contributed by atoms with van der Waals surface area (Å²) in [6.45, 7) is 6.12. The fourth-order valence-corrected chi connectivity index (χ4v) is 4.13. The summed E-state index contributed by atoms with van der Waals surface area (Å²) in [5, 5.41) is 0.787. The highest BCUT2D eigenvalue weighted by molar-refractivity contribution is 7.99. The molecule has 2 atom stereocenters. The lowest BCUT2D eigenvalue weighted by molar-refractivity contribution is 0.0619. The van der Waals surface area contributed by atoms with E-state index in [-0.39, 0.29) is 5.91 Å². The zero-order valence-electron chi connectivity index (χ0n) is 13.6. The zero-order chi connectivity index (χ0) is 16.2. The Labute approximate surface area is 142 Å². The predicted octanol–water partition coefficient (Wildman–Crippen LogP) is 4.35. The summed E-state index contributed by atoms with van der Waals surface area (Å²) < 4.78 is 0. The molecule has 1 amide bonds. The lowest BCUT2D eigenvalue weighted by atomic mass is 9.91. The van der Waals surface area contributed by atoms with Crippen LogP contribution in [0.15, 0.2) is 58.6 Å². The third-order valence-electron chi connectivity index (χ3n) is 4.12. The molecule has 0 unspecified atom stereocenters. The first kappa shape index (κ1) is 16.1. The van der Waals surface area contributed by atoms with E-state index in [1.54, 1.807) is 18.0 Å². The van der Waals surface area contributed by atoms with Crippen molar-refractivity contribution in [1.29, 1.82) is 0 Å². The highest BCUT2D eigenvalue weighted by Gasteiger charge is 2.27. The molecule has 0 N–H and O–H groups in total. The number of hydrogen-bond acceptors (Lipinski definition) is 3. The Bertz CT molecular complexity index is 664. The Morgan fingerprint density at radius 3 is 2.48 bits per heavy atom. The predicted molar refractivity (Wildman–Crippen MR) is 93.7 cm³/mol. The minimum atomic E-state index is 0.106. The topological polar surface area (TPSA) is 33.2 Å². The van der Waals surface area contributed by atoms with Crippen molar-refractivity contribution in [3.63, 3.8) is 0 Å². The van der Waals surface area contributed by atoms with Crippen molar-refractivity contribution in [2.24, 2.45) is 11.8 Å². The Morgan fingerprint density at radius 1 is 1.09 bits per heavy atom. The van der Waals surface area contributed by atoms with Crippen LogP contribution in [0, 0.1) is 11.8 Å². The van der Waals surface area contributed by atoms with Gasteiger partial charge in [0.1, 0.15) is 5.03 Å². The van der Waals surface area contributed by atoms with Gasteiger partial charge in [-0.2, -0.15) is 0 Å². The van der Waals surface area contributed by atoms with E-state index < -0.39 is 0 Å². The summed E-state index contributed by atoms with van der Waals surface area (Å²) in [5.74, 6) is 1.23. The SMILES string of the molecule is C[C@@H]1C[C@@H](C)CN(C(=O)c2cccnc2Sc2ccccc2)C1. The summed E-state index contributed by atoms with van der Waals surface area (Å²) in [6.07, 6.45) is 2.95. The highest BCUT2D eigenvalue weighted by atomic mass is 32.2. The summed E-state index contributed by atoms with van der Waals surface area (Å²) in [6, 6.07) is 13.8. The molecule has 120 valence electrons. The van der Waals surface area contributed by atoms with Crippen LogP contribution in [0.4, 0.5) is 0 Å². The molecule has 4 heteroatoms. The second-order valence-corrected chi connectivity index (χ2v) is 7.49. The van der Waals surface area contributed by atoms with Crippen molar-refractivity contribution in [3.8, 4) is 0 Å². The number of pyridine rings is 1. The first-order valence-electron chi connectivity index (χ1n) is 8.10. The van der Waals surface area contributed by atoms with E-state index in [4.69, 9.17) is 0 Å². The average Bonchev–Trinajstić information content (AvgIpc) is 2.55. The molecule has 3 nitrogen and oxygen atoms in total. The number of aromatic nitrogens is 1. The smallest absolute Gasteiger partial charge is 0.256 e. The van der Waals surface area contributed by atoms with Crippen molar-refractivity contribution in [2.45, 2.75) is 30.2 Å². The maximum absolute atomic E-state index is 13.0. The molecule has 2 aromatic rings. The van der Waals surface area contributed by atoms with Crippen molar-refractivity contribution in [3.05, 3.63) is 54.2 Å². The molecule has 0 radical (unpaired) electrons. The summed E-state index contributed by atoms with van der Waals surface area (Å²) >= 11 is 1.55. The molecule has 3 rings (SSSR count). The molecular formula is C19H22N2OS. The number of hydrogen-bond donors (Lipinski definition) is 0. The normalized spacial score (nSPS) is 21.2. The first-order valence-corrected chi connectivity index (χ1v) is 8.92. The third-order valence-corrected chi connectivity index (χ3v) is 5.14. The van der Waals surface area contributed by atoms with Crippen LogP contribution in [0.1, 0.15) is 30.6 Å². The van der Waals surface area contributed by atoms with E-state index in [9.17, 15) is 4.79 Å². The van der Waals surface area contributed by atoms with E-state index in [1.807, 2.05) is 47.4 Å². The molecule has 1 aliphatic rings. The Hall–Kier alpha value is -1.81. The van der Waals surface area contributed by atoms with Crippen LogP contribution in [0.2, 0.25) is 0 Å². The lowest BCUT2D eigenvalue weighted by Crippen LogP contribution is -2.42. The molecule has 0 saturated carbocycles. The maximum atomic E-state index is 13.0. The fraction of sp³-hybridized carbons (Fsp3) is 0.368. The molecule has 0 spiro atoms. The highest BCUT2D eigenvalue weighted by Crippen LogP contribution is 2.30. The van der Waals surface area contributed by atoms with E-state index in [2.05, 4.69) is 18.8 Å². The quantitative estimate of drug-likeness (QED) is 0.840. The van der Waals surface area contributed by atoms with Gasteiger partial charge in [0.25, 0.3) is 5.91 Å². The fourth-order valence-electron chi connectivity index (χ4n) is 3.23. The molecule has 0 aliphatic carbocycles. The molecule has 1 saturated heterocycles. The van der Waals surface area contributed by atoms with Gasteiger partial charge in [-0.1, -0.05) is 43.8 Å². The number of carbonyl (C=O) groups is 1. The second-order valence-electron chi connectivity index (χ2n) is 6.43. The minimum Gasteiger partial charge on any atom is -0.338 e. The van der Waals surface area contributed by atoms with Gasteiger partial charge in [-0.25, -0.2) is 4.98 Å². The van der Waals surface area contributed by atoms with Crippen LogP contribution in [0.3, 0.4) is 0 Å². The number of carbonyl (C=O) groups excluding carboxylic acids is 1. The van der Waals surface area contributed by atoms with Crippen LogP contribution in [-0.2, 0) is 0 Å². The largest absolute Gasteiger partial charge is 0.338 e. The molecule has 1 aliphatic heterocycles. The Kier molecular flexibility index (Phi) is 5.01. The van der Waals surface area contributed by atoms with Gasteiger partial charge < -0.3 is 4.90 Å². The Balaban J connectivity index is 1.83. The van der Waals surface area contributed by atoms with Crippen molar-refractivity contribution in [2.75, 3.05) is 13.1 Å². The number of amides is 1. The first-order chi connectivity index (χ1) is 11.1. The molecular weight excluding hydrogens is 304 g/mol. The standard InChI is InChI=1S/C19H22N2OS/c1-14-11-15(2)13-21(12-14)19(22)17-9-6-10-20-18(17)23-16-7-4-3-5-8-16/h3-10,14-15H,11-13H2,1-2H3/t14-,15-/m1/s1. The number of nitrogens with zero attached hydrogens (tertiary/aromatic N) is 2. The van der Waals surface area contributed by atoms with Gasteiger partial charge in [-0.05, 0) is 42.5 Å². The van der Waals surface area contributed by atoms with Crippen molar-refractivity contribution < 1.29 is 4.79 Å². The van der Waals surface area contributed by atoms with Gasteiger partial charge in [0, 0.05) is 24.2 Å². The van der Waals surface area contributed by atoms with Gasteiger partial charge in [0.05, 0.1) is 5.56 Å². The van der Waals surface area contributed by atoms with E-state index in [0.29, 0.717) is 17.4 Å². The minimum absolute atomic E-state index is 0.106. The zero-order valence-corrected chi connectivity index (χ0v) is 14.4. The van der Waals surface area contributed by atoms with E-state index in [0.717, 1.165) is 23.0 Å². The van der Waals surface area contributed by atoms with Crippen molar-refractivity contribution >= 4 is 17.7 Å². The second kappa shape index (κ2) is 7.18. The van der Waals surface area contributed by atoms with Crippen molar-refractivity contribution in [1.82, 2.24) is 9.88 Å². The molecule has 2 heterocycles. The molecule has 1 aromatic carbocycles. The monoisotopic (exact) mass is 326 g/mol. The van der Waals surface area contributed by atoms with Gasteiger partial charge in [-0.15, -0.1) is 0 Å². The molecule has 1 fully saturated rings. The van der Waals surface area contributed by atoms with Crippen LogP contribution in [0.5, 0.6) is 0 Å². The van der Waals surface area contributed by atoms with Gasteiger partial charge >= 0.3 is 0 Å². The third kappa shape index (κ3) is 3.94. The summed E-state index contributed by atoms with van der Waals surface area (Å²) in [5.41, 5.74) is 0.711. The van der Waals surface area contributed by atoms with Crippen LogP contribution < -0.4 is 0 Å². The maximum Gasteiger partial charge on any atom is 0.256 e. The van der Waals surface area contributed by atoms with Gasteiger partial charge in [-0.3, -0.25) is 4.79 Å². The number of benzene rings is 1. The van der Waals surface area contributed by atoms with Crippen LogP contribution in [0.25, 0.3) is 0 Å². The van der Waals surface area contributed by atoms with E-state index >= 15 is 0 Å². The van der Waals surface area contributed by atoms with Crippen LogP contribution >= 0.6 is 11.8 Å². The number of rotatable bonds is 3. The molecule has 0 bridgehead atoms. The summed E-state index contributed by atoms with van der Waals surface area (Å²) in [7, 11) is 0. The Morgan fingerprint density at radius 2 is 1.78 bits per heavy atom. The van der Waals surface area contributed by atoms with E-state index in [1.165, 1.54) is 6.42 Å². The van der Waals surface area contributed by atoms with Gasteiger partial charge in [0.15, 0.2) is 0 Å². The number of likely N-dealkylation sites (tertiary alicyclic amines) is 1.